The molecule has 0 unspecified atom stereocenters. The van der Waals surface area contributed by atoms with E-state index in [0.717, 1.165) is 39.2 Å². The standard InChI is InChI=1S/C22H23N3O2S/c1-13-8-9-17(10-15(13)3)22(26)23-21-18-11-28(27)12-19(18)24-25(21)20-7-5-6-14(2)16(20)4/h5-10H,11-12H2,1-4H3,(H,23,26)/t28-/m1/s1. The van der Waals surface area contributed by atoms with E-state index in [9.17, 15) is 9.00 Å². The van der Waals surface area contributed by atoms with Crippen LogP contribution in [0.1, 0.15) is 43.9 Å². The van der Waals surface area contributed by atoms with Gasteiger partial charge in [-0.1, -0.05) is 18.2 Å². The van der Waals surface area contributed by atoms with Crippen molar-refractivity contribution in [2.45, 2.75) is 39.2 Å². The second kappa shape index (κ2) is 7.02. The number of amides is 1. The van der Waals surface area contributed by atoms with Gasteiger partial charge in [-0.25, -0.2) is 4.68 Å². The van der Waals surface area contributed by atoms with Crippen LogP contribution >= 0.6 is 0 Å². The van der Waals surface area contributed by atoms with E-state index in [1.807, 2.05) is 51.1 Å². The highest BCUT2D eigenvalue weighted by atomic mass is 32.2. The van der Waals surface area contributed by atoms with Crippen molar-refractivity contribution in [3.05, 3.63) is 75.5 Å². The zero-order valence-electron chi connectivity index (χ0n) is 16.5. The molecule has 1 atom stereocenters. The summed E-state index contributed by atoms with van der Waals surface area (Å²) in [5.41, 5.74) is 7.68. The van der Waals surface area contributed by atoms with Crippen LogP contribution in [-0.4, -0.2) is 19.9 Å². The van der Waals surface area contributed by atoms with Crippen LogP contribution in [0, 0.1) is 27.7 Å². The van der Waals surface area contributed by atoms with Crippen molar-refractivity contribution in [1.29, 1.82) is 0 Å². The summed E-state index contributed by atoms with van der Waals surface area (Å²) in [6.45, 7) is 8.12. The summed E-state index contributed by atoms with van der Waals surface area (Å²) in [6.07, 6.45) is 0. The number of aryl methyl sites for hydroxylation is 3. The van der Waals surface area contributed by atoms with E-state index in [4.69, 9.17) is 5.10 Å². The van der Waals surface area contributed by atoms with Gasteiger partial charge in [-0.3, -0.25) is 9.00 Å². The molecule has 1 amide bonds. The number of carbonyl (C=O) groups excluding carboxylic acids is 1. The maximum atomic E-state index is 13.0. The molecular formula is C22H23N3O2S. The van der Waals surface area contributed by atoms with Gasteiger partial charge in [0.25, 0.3) is 5.91 Å². The lowest BCUT2D eigenvalue weighted by atomic mass is 10.1. The van der Waals surface area contributed by atoms with Crippen LogP contribution < -0.4 is 5.32 Å². The van der Waals surface area contributed by atoms with Gasteiger partial charge in [0.05, 0.1) is 22.9 Å². The van der Waals surface area contributed by atoms with Crippen molar-refractivity contribution in [2.24, 2.45) is 0 Å². The summed E-state index contributed by atoms with van der Waals surface area (Å²) < 4.78 is 13.9. The molecule has 144 valence electrons. The fourth-order valence-corrected chi connectivity index (χ4v) is 4.72. The van der Waals surface area contributed by atoms with Crippen LogP contribution in [0.5, 0.6) is 0 Å². The number of hydrogen-bond donors (Lipinski definition) is 1. The Labute approximate surface area is 167 Å². The Morgan fingerprint density at radius 2 is 1.82 bits per heavy atom. The minimum atomic E-state index is -0.966. The first-order valence-corrected chi connectivity index (χ1v) is 10.7. The number of nitrogens with one attached hydrogen (secondary N) is 1. The highest BCUT2D eigenvalue weighted by Gasteiger charge is 2.29. The zero-order chi connectivity index (χ0) is 20.0. The zero-order valence-corrected chi connectivity index (χ0v) is 17.3. The minimum absolute atomic E-state index is 0.185. The molecule has 0 bridgehead atoms. The molecule has 0 fully saturated rings. The van der Waals surface area contributed by atoms with Crippen molar-refractivity contribution in [3.63, 3.8) is 0 Å². The fraction of sp³-hybridized carbons (Fsp3) is 0.273. The second-order valence-corrected chi connectivity index (χ2v) is 8.84. The van der Waals surface area contributed by atoms with Crippen molar-refractivity contribution >= 4 is 22.5 Å². The van der Waals surface area contributed by atoms with E-state index in [1.165, 1.54) is 0 Å². The van der Waals surface area contributed by atoms with E-state index in [0.29, 0.717) is 22.9 Å². The molecule has 0 radical (unpaired) electrons. The molecular weight excluding hydrogens is 370 g/mol. The fourth-order valence-electron chi connectivity index (χ4n) is 3.46. The van der Waals surface area contributed by atoms with Gasteiger partial charge in [-0.2, -0.15) is 5.10 Å². The van der Waals surface area contributed by atoms with Gasteiger partial charge in [0, 0.05) is 21.9 Å². The van der Waals surface area contributed by atoms with Crippen LogP contribution in [0.3, 0.4) is 0 Å². The van der Waals surface area contributed by atoms with Crippen LogP contribution in [0.25, 0.3) is 5.69 Å². The van der Waals surface area contributed by atoms with Gasteiger partial charge in [0.15, 0.2) is 0 Å². The number of benzene rings is 2. The number of nitrogens with zero attached hydrogens (tertiary/aromatic N) is 2. The van der Waals surface area contributed by atoms with Gasteiger partial charge < -0.3 is 5.32 Å². The highest BCUT2D eigenvalue weighted by molar-refractivity contribution is 7.83. The van der Waals surface area contributed by atoms with Gasteiger partial charge in [-0.15, -0.1) is 0 Å². The normalized spacial score (nSPS) is 15.5. The highest BCUT2D eigenvalue weighted by Crippen LogP contribution is 2.33. The number of carbonyl (C=O) groups is 1. The third-order valence-corrected chi connectivity index (χ3v) is 6.68. The Morgan fingerprint density at radius 1 is 1.04 bits per heavy atom. The second-order valence-electron chi connectivity index (χ2n) is 7.39. The summed E-state index contributed by atoms with van der Waals surface area (Å²) >= 11 is 0. The summed E-state index contributed by atoms with van der Waals surface area (Å²) in [6, 6.07) is 11.7. The van der Waals surface area contributed by atoms with Crippen LogP contribution in [-0.2, 0) is 22.3 Å². The summed E-state index contributed by atoms with van der Waals surface area (Å²) in [7, 11) is -0.966. The average Bonchev–Trinajstić information content (AvgIpc) is 3.17. The molecule has 28 heavy (non-hydrogen) atoms. The quantitative estimate of drug-likeness (QED) is 0.728. The predicted molar refractivity (Wildman–Crippen MR) is 112 cm³/mol. The molecule has 2 heterocycles. The Morgan fingerprint density at radius 3 is 2.57 bits per heavy atom. The monoisotopic (exact) mass is 393 g/mol. The number of rotatable bonds is 3. The average molecular weight is 394 g/mol. The molecule has 0 aliphatic carbocycles. The molecule has 1 aromatic heterocycles. The number of aromatic nitrogens is 2. The third-order valence-electron chi connectivity index (χ3n) is 5.47. The molecule has 3 aromatic rings. The van der Waals surface area contributed by atoms with Gasteiger partial charge in [0.2, 0.25) is 0 Å². The van der Waals surface area contributed by atoms with Gasteiger partial charge in [0.1, 0.15) is 5.82 Å². The molecule has 0 saturated heterocycles. The van der Waals surface area contributed by atoms with Crippen LogP contribution in [0.4, 0.5) is 5.82 Å². The predicted octanol–water partition coefficient (Wildman–Crippen LogP) is 4.12. The van der Waals surface area contributed by atoms with Gasteiger partial charge in [-0.05, 0) is 68.1 Å². The molecule has 0 spiro atoms. The van der Waals surface area contributed by atoms with Crippen molar-refractivity contribution in [1.82, 2.24) is 9.78 Å². The number of fused-ring (bicyclic) bond motifs is 1. The topological polar surface area (TPSA) is 64.0 Å². The molecule has 2 aromatic carbocycles. The van der Waals surface area contributed by atoms with E-state index >= 15 is 0 Å². The Kier molecular flexibility index (Phi) is 4.67. The maximum Gasteiger partial charge on any atom is 0.256 e. The largest absolute Gasteiger partial charge is 0.306 e. The smallest absolute Gasteiger partial charge is 0.256 e. The Hall–Kier alpha value is -2.73. The summed E-state index contributed by atoms with van der Waals surface area (Å²) in [5.74, 6) is 1.29. The first kappa shape index (κ1) is 18.6. The first-order chi connectivity index (χ1) is 13.3. The Bertz CT molecular complexity index is 1130. The van der Waals surface area contributed by atoms with E-state index in [2.05, 4.69) is 18.3 Å². The van der Waals surface area contributed by atoms with Crippen LogP contribution in [0.15, 0.2) is 36.4 Å². The van der Waals surface area contributed by atoms with E-state index < -0.39 is 10.8 Å². The van der Waals surface area contributed by atoms with Crippen LogP contribution in [0.2, 0.25) is 0 Å². The summed E-state index contributed by atoms with van der Waals surface area (Å²) in [5, 5.41) is 7.75. The number of hydrogen-bond acceptors (Lipinski definition) is 3. The lowest BCUT2D eigenvalue weighted by molar-refractivity contribution is 0.102. The molecule has 1 aliphatic heterocycles. The van der Waals surface area contributed by atoms with Gasteiger partial charge >= 0.3 is 0 Å². The lowest BCUT2D eigenvalue weighted by Gasteiger charge is -2.14. The molecule has 5 nitrogen and oxygen atoms in total. The molecule has 6 heteroatoms. The minimum Gasteiger partial charge on any atom is -0.306 e. The molecule has 0 saturated carbocycles. The Balaban J connectivity index is 1.79. The molecule has 1 N–H and O–H groups in total. The number of anilines is 1. The SMILES string of the molecule is Cc1ccc(C(=O)Nc2c3c(nn2-c2cccc(C)c2C)C[S@](=O)C3)cc1C. The van der Waals surface area contributed by atoms with E-state index in [-0.39, 0.29) is 5.91 Å². The third kappa shape index (κ3) is 3.18. The lowest BCUT2D eigenvalue weighted by Crippen LogP contribution is -2.17. The molecule has 1 aliphatic rings. The van der Waals surface area contributed by atoms with Crippen molar-refractivity contribution in [3.8, 4) is 5.69 Å². The first-order valence-electron chi connectivity index (χ1n) is 9.26. The van der Waals surface area contributed by atoms with Crippen molar-refractivity contribution in [2.75, 3.05) is 5.32 Å². The molecule has 4 rings (SSSR count). The summed E-state index contributed by atoms with van der Waals surface area (Å²) in [4.78, 5) is 13.0. The maximum absolute atomic E-state index is 13.0. The van der Waals surface area contributed by atoms with Crippen molar-refractivity contribution < 1.29 is 9.00 Å². The van der Waals surface area contributed by atoms with E-state index in [1.54, 1.807) is 4.68 Å².